The molecule has 0 fully saturated rings. The number of nitrogens with one attached hydrogen (secondary N) is 1. The number of halogens is 2. The van der Waals surface area contributed by atoms with E-state index in [1.807, 2.05) is 0 Å². The molecule has 0 spiro atoms. The van der Waals surface area contributed by atoms with Crippen molar-refractivity contribution in [1.29, 1.82) is 0 Å². The highest BCUT2D eigenvalue weighted by Crippen LogP contribution is 2.27. The Labute approximate surface area is 145 Å². The molecular weight excluding hydrogens is 388 g/mol. The molecule has 6 nitrogen and oxygen atoms in total. The zero-order valence-corrected chi connectivity index (χ0v) is 14.3. The van der Waals surface area contributed by atoms with Crippen LogP contribution in [0.25, 0.3) is 0 Å². The standard InChI is InChI=1S/C15H12BrClN2O4/c1-9-6-11(19(21)22)3-4-13(9)18-15(20)8-23-14-5-2-10(16)7-12(14)17/h2-7H,8H2,1H3,(H,18,20). The molecule has 0 aliphatic carbocycles. The van der Waals surface area contributed by atoms with E-state index in [0.29, 0.717) is 22.0 Å². The van der Waals surface area contributed by atoms with Gasteiger partial charge in [-0.2, -0.15) is 0 Å². The third kappa shape index (κ3) is 4.67. The molecule has 23 heavy (non-hydrogen) atoms. The van der Waals surface area contributed by atoms with Gasteiger partial charge < -0.3 is 10.1 Å². The first-order valence-corrected chi connectivity index (χ1v) is 7.66. The number of nitrogens with zero attached hydrogens (tertiary/aromatic N) is 1. The molecule has 0 radical (unpaired) electrons. The molecule has 0 bridgehead atoms. The van der Waals surface area contributed by atoms with Gasteiger partial charge in [0.15, 0.2) is 6.61 Å². The predicted molar refractivity (Wildman–Crippen MR) is 91.1 cm³/mol. The SMILES string of the molecule is Cc1cc([N+](=O)[O-])ccc1NC(=O)COc1ccc(Br)cc1Cl. The van der Waals surface area contributed by atoms with Crippen molar-refractivity contribution in [3.8, 4) is 5.75 Å². The summed E-state index contributed by atoms with van der Waals surface area (Å²) in [5, 5.41) is 13.7. The van der Waals surface area contributed by atoms with Gasteiger partial charge in [0.05, 0.1) is 9.95 Å². The van der Waals surface area contributed by atoms with E-state index in [2.05, 4.69) is 21.2 Å². The van der Waals surface area contributed by atoms with E-state index in [4.69, 9.17) is 16.3 Å². The normalized spacial score (nSPS) is 10.2. The maximum atomic E-state index is 11.9. The van der Waals surface area contributed by atoms with E-state index in [1.165, 1.54) is 18.2 Å². The van der Waals surface area contributed by atoms with E-state index in [-0.39, 0.29) is 18.2 Å². The molecule has 120 valence electrons. The van der Waals surface area contributed by atoms with Crippen molar-refractivity contribution in [3.05, 3.63) is 61.6 Å². The van der Waals surface area contributed by atoms with Crippen molar-refractivity contribution in [3.63, 3.8) is 0 Å². The minimum Gasteiger partial charge on any atom is -0.482 e. The number of nitro groups is 1. The van der Waals surface area contributed by atoms with Crippen molar-refractivity contribution in [2.24, 2.45) is 0 Å². The average Bonchev–Trinajstić information content (AvgIpc) is 2.48. The molecule has 1 amide bonds. The summed E-state index contributed by atoms with van der Waals surface area (Å²) in [5.41, 5.74) is 1.05. The number of non-ortho nitro benzene ring substituents is 1. The minimum absolute atomic E-state index is 0.0293. The lowest BCUT2D eigenvalue weighted by Crippen LogP contribution is -2.20. The summed E-state index contributed by atoms with van der Waals surface area (Å²) in [6, 6.07) is 9.26. The fraction of sp³-hybridized carbons (Fsp3) is 0.133. The van der Waals surface area contributed by atoms with Crippen molar-refractivity contribution in [1.82, 2.24) is 0 Å². The van der Waals surface area contributed by atoms with E-state index in [0.717, 1.165) is 4.47 Å². The second-order valence-electron chi connectivity index (χ2n) is 4.67. The van der Waals surface area contributed by atoms with Gasteiger partial charge in [-0.05, 0) is 36.8 Å². The van der Waals surface area contributed by atoms with Crippen LogP contribution in [0.4, 0.5) is 11.4 Å². The van der Waals surface area contributed by atoms with Crippen LogP contribution in [0.15, 0.2) is 40.9 Å². The Morgan fingerprint density at radius 1 is 1.35 bits per heavy atom. The molecule has 2 aromatic rings. The quantitative estimate of drug-likeness (QED) is 0.599. The monoisotopic (exact) mass is 398 g/mol. The fourth-order valence-corrected chi connectivity index (χ4v) is 2.55. The first-order valence-electron chi connectivity index (χ1n) is 6.49. The van der Waals surface area contributed by atoms with Crippen LogP contribution in [0, 0.1) is 17.0 Å². The van der Waals surface area contributed by atoms with Gasteiger partial charge in [-0.3, -0.25) is 14.9 Å². The Balaban J connectivity index is 1.98. The van der Waals surface area contributed by atoms with Crippen LogP contribution in [0.5, 0.6) is 5.75 Å². The molecule has 0 atom stereocenters. The number of carbonyl (C=O) groups is 1. The van der Waals surface area contributed by atoms with Crippen LogP contribution >= 0.6 is 27.5 Å². The number of amides is 1. The molecule has 0 aromatic heterocycles. The zero-order chi connectivity index (χ0) is 17.0. The van der Waals surface area contributed by atoms with E-state index >= 15 is 0 Å². The number of aryl methyl sites for hydroxylation is 1. The predicted octanol–water partition coefficient (Wildman–Crippen LogP) is 4.34. The molecule has 0 aliphatic rings. The van der Waals surface area contributed by atoms with Crippen molar-refractivity contribution >= 4 is 44.8 Å². The van der Waals surface area contributed by atoms with Gasteiger partial charge in [0.25, 0.3) is 11.6 Å². The topological polar surface area (TPSA) is 81.5 Å². The van der Waals surface area contributed by atoms with Crippen molar-refractivity contribution < 1.29 is 14.5 Å². The number of carbonyl (C=O) groups excluding carboxylic acids is 1. The van der Waals surface area contributed by atoms with E-state index in [1.54, 1.807) is 25.1 Å². The summed E-state index contributed by atoms with van der Waals surface area (Å²) < 4.78 is 6.16. The van der Waals surface area contributed by atoms with Gasteiger partial charge in [-0.25, -0.2) is 0 Å². The summed E-state index contributed by atoms with van der Waals surface area (Å²) >= 11 is 9.27. The summed E-state index contributed by atoms with van der Waals surface area (Å²) in [5.74, 6) is 0.00590. The molecule has 0 unspecified atom stereocenters. The molecule has 2 aromatic carbocycles. The highest BCUT2D eigenvalue weighted by molar-refractivity contribution is 9.10. The van der Waals surface area contributed by atoms with Gasteiger partial charge in [-0.15, -0.1) is 0 Å². The molecule has 0 heterocycles. The Morgan fingerprint density at radius 2 is 2.09 bits per heavy atom. The minimum atomic E-state index is -0.489. The van der Waals surface area contributed by atoms with Crippen LogP contribution in [0.3, 0.4) is 0 Å². The van der Waals surface area contributed by atoms with Gasteiger partial charge >= 0.3 is 0 Å². The molecule has 0 saturated heterocycles. The number of anilines is 1. The van der Waals surface area contributed by atoms with E-state index in [9.17, 15) is 14.9 Å². The maximum absolute atomic E-state index is 11.9. The summed E-state index contributed by atoms with van der Waals surface area (Å²) in [6.07, 6.45) is 0. The van der Waals surface area contributed by atoms with Gasteiger partial charge in [0, 0.05) is 22.3 Å². The molecular formula is C15H12BrClN2O4. The Hall–Kier alpha value is -2.12. The Morgan fingerprint density at radius 3 is 2.70 bits per heavy atom. The Bertz CT molecular complexity index is 767. The lowest BCUT2D eigenvalue weighted by molar-refractivity contribution is -0.384. The highest BCUT2D eigenvalue weighted by Gasteiger charge is 2.11. The van der Waals surface area contributed by atoms with Gasteiger partial charge in [0.2, 0.25) is 0 Å². The number of hydrogen-bond acceptors (Lipinski definition) is 4. The number of benzene rings is 2. The third-order valence-electron chi connectivity index (χ3n) is 2.95. The van der Waals surface area contributed by atoms with Crippen molar-refractivity contribution in [2.75, 3.05) is 11.9 Å². The highest BCUT2D eigenvalue weighted by atomic mass is 79.9. The average molecular weight is 400 g/mol. The molecule has 0 aliphatic heterocycles. The van der Waals surface area contributed by atoms with Crippen LogP contribution in [-0.2, 0) is 4.79 Å². The number of hydrogen-bond donors (Lipinski definition) is 1. The van der Waals surface area contributed by atoms with Gasteiger partial charge in [0.1, 0.15) is 5.75 Å². The molecule has 0 saturated carbocycles. The summed E-state index contributed by atoms with van der Waals surface area (Å²) in [6.45, 7) is 1.45. The first kappa shape index (κ1) is 17.2. The maximum Gasteiger partial charge on any atom is 0.269 e. The zero-order valence-electron chi connectivity index (χ0n) is 12.0. The molecule has 8 heteroatoms. The fourth-order valence-electron chi connectivity index (χ4n) is 1.82. The van der Waals surface area contributed by atoms with E-state index < -0.39 is 4.92 Å². The second kappa shape index (κ2) is 7.43. The number of ether oxygens (including phenoxy) is 1. The third-order valence-corrected chi connectivity index (χ3v) is 3.74. The summed E-state index contributed by atoms with van der Waals surface area (Å²) in [7, 11) is 0. The molecule has 1 N–H and O–H groups in total. The number of rotatable bonds is 5. The largest absolute Gasteiger partial charge is 0.482 e. The van der Waals surface area contributed by atoms with Crippen LogP contribution < -0.4 is 10.1 Å². The van der Waals surface area contributed by atoms with Crippen molar-refractivity contribution in [2.45, 2.75) is 6.92 Å². The summed E-state index contributed by atoms with van der Waals surface area (Å²) in [4.78, 5) is 22.1. The second-order valence-corrected chi connectivity index (χ2v) is 5.99. The lowest BCUT2D eigenvalue weighted by atomic mass is 10.2. The first-order chi connectivity index (χ1) is 10.9. The Kier molecular flexibility index (Phi) is 5.57. The lowest BCUT2D eigenvalue weighted by Gasteiger charge is -2.10. The van der Waals surface area contributed by atoms with Crippen LogP contribution in [0.2, 0.25) is 5.02 Å². The number of nitro benzene ring substituents is 1. The van der Waals surface area contributed by atoms with Gasteiger partial charge in [-0.1, -0.05) is 27.5 Å². The molecule has 2 rings (SSSR count). The van der Waals surface area contributed by atoms with Crippen LogP contribution in [-0.4, -0.2) is 17.4 Å². The van der Waals surface area contributed by atoms with Crippen LogP contribution in [0.1, 0.15) is 5.56 Å². The smallest absolute Gasteiger partial charge is 0.269 e.